The highest BCUT2D eigenvalue weighted by Gasteiger charge is 2.89. The van der Waals surface area contributed by atoms with Crippen LogP contribution in [0.4, 0.5) is 52.7 Å². The van der Waals surface area contributed by atoms with E-state index in [0.29, 0.717) is 0 Å². The van der Waals surface area contributed by atoms with Crippen LogP contribution in [0.25, 0.3) is 0 Å². The average molecular weight is 373 g/mol. The predicted octanol–water partition coefficient (Wildman–Crippen LogP) is 3.56. The van der Waals surface area contributed by atoms with E-state index in [0.717, 1.165) is 12.2 Å². The molecular formula is C9H7F12NO. The van der Waals surface area contributed by atoms with Gasteiger partial charge in [-0.05, 0) is 6.92 Å². The van der Waals surface area contributed by atoms with Gasteiger partial charge in [0.1, 0.15) is 0 Å². The van der Waals surface area contributed by atoms with Gasteiger partial charge in [0, 0.05) is 6.54 Å². The highest BCUT2D eigenvalue weighted by Crippen LogP contribution is 2.58. The summed E-state index contributed by atoms with van der Waals surface area (Å²) >= 11 is 0. The highest BCUT2D eigenvalue weighted by molar-refractivity contribution is 5.84. The maximum atomic E-state index is 13.0. The number of hydrogen-bond donors (Lipinski definition) is 1. The van der Waals surface area contributed by atoms with Gasteiger partial charge in [0.25, 0.3) is 5.91 Å². The van der Waals surface area contributed by atoms with E-state index in [4.69, 9.17) is 0 Å². The Bertz CT molecular complexity index is 446. The Hall–Kier alpha value is -1.37. The third-order valence-corrected chi connectivity index (χ3v) is 2.50. The summed E-state index contributed by atoms with van der Waals surface area (Å²) in [6.45, 7) is 0.0173. The van der Waals surface area contributed by atoms with E-state index in [-0.39, 0.29) is 0 Å². The van der Waals surface area contributed by atoms with Crippen molar-refractivity contribution in [2.24, 2.45) is 0 Å². The molecule has 0 aromatic carbocycles. The molecule has 0 aromatic rings. The summed E-state index contributed by atoms with van der Waals surface area (Å²) in [6.07, 6.45) is -5.57. The van der Waals surface area contributed by atoms with Crippen molar-refractivity contribution in [3.63, 3.8) is 0 Å². The van der Waals surface area contributed by atoms with E-state index in [9.17, 15) is 57.5 Å². The molecule has 1 amide bonds. The SMILES string of the molecule is CCNC(=O)C(F)(F)C(F)(F)C(F)(F)C(F)(F)C(F)(F)C(F)F. The zero-order valence-corrected chi connectivity index (χ0v) is 10.7. The molecule has 138 valence electrons. The van der Waals surface area contributed by atoms with E-state index < -0.39 is 48.5 Å². The fourth-order valence-electron chi connectivity index (χ4n) is 1.15. The summed E-state index contributed by atoms with van der Waals surface area (Å²) in [5.41, 5.74) is 0. The van der Waals surface area contributed by atoms with Crippen LogP contribution in [0, 0.1) is 0 Å². The molecule has 0 fully saturated rings. The number of rotatable bonds is 7. The fourth-order valence-corrected chi connectivity index (χ4v) is 1.15. The molecule has 14 heteroatoms. The Kier molecular flexibility index (Phi) is 5.57. The molecule has 0 radical (unpaired) electrons. The second-order valence-corrected chi connectivity index (χ2v) is 4.08. The number of amides is 1. The van der Waals surface area contributed by atoms with Crippen molar-refractivity contribution in [2.45, 2.75) is 43.0 Å². The minimum Gasteiger partial charge on any atom is -0.351 e. The third-order valence-electron chi connectivity index (χ3n) is 2.50. The van der Waals surface area contributed by atoms with Crippen LogP contribution in [0.15, 0.2) is 0 Å². The average Bonchev–Trinajstić information content (AvgIpc) is 2.37. The zero-order chi connectivity index (χ0) is 19.1. The van der Waals surface area contributed by atoms with Gasteiger partial charge < -0.3 is 5.32 Å². The first-order chi connectivity index (χ1) is 9.92. The van der Waals surface area contributed by atoms with Gasteiger partial charge in [0.15, 0.2) is 0 Å². The summed E-state index contributed by atoms with van der Waals surface area (Å²) in [5.74, 6) is -39.5. The van der Waals surface area contributed by atoms with E-state index in [1.165, 1.54) is 0 Å². The van der Waals surface area contributed by atoms with Crippen LogP contribution >= 0.6 is 0 Å². The van der Waals surface area contributed by atoms with Crippen LogP contribution in [0.5, 0.6) is 0 Å². The largest absolute Gasteiger partial charge is 0.392 e. The Morgan fingerprint density at radius 2 is 1.22 bits per heavy atom. The number of halogens is 12. The number of hydrogen-bond acceptors (Lipinski definition) is 1. The maximum absolute atomic E-state index is 13.0. The smallest absolute Gasteiger partial charge is 0.351 e. The molecule has 0 heterocycles. The van der Waals surface area contributed by atoms with Crippen molar-refractivity contribution in [1.29, 1.82) is 0 Å². The maximum Gasteiger partial charge on any atom is 0.392 e. The van der Waals surface area contributed by atoms with Crippen LogP contribution < -0.4 is 5.32 Å². The zero-order valence-electron chi connectivity index (χ0n) is 10.7. The molecule has 23 heavy (non-hydrogen) atoms. The molecule has 0 saturated carbocycles. The van der Waals surface area contributed by atoms with Gasteiger partial charge in [-0.15, -0.1) is 0 Å². The molecule has 0 bridgehead atoms. The monoisotopic (exact) mass is 373 g/mol. The minimum absolute atomic E-state index is 0.834. The first-order valence-electron chi connectivity index (χ1n) is 5.38. The second-order valence-electron chi connectivity index (χ2n) is 4.08. The van der Waals surface area contributed by atoms with Crippen LogP contribution in [0.3, 0.4) is 0 Å². The molecule has 2 nitrogen and oxygen atoms in total. The molecular weight excluding hydrogens is 366 g/mol. The lowest BCUT2D eigenvalue weighted by atomic mass is 9.94. The summed E-state index contributed by atoms with van der Waals surface area (Å²) in [4.78, 5) is 10.6. The van der Waals surface area contributed by atoms with Crippen LogP contribution in [-0.4, -0.2) is 48.5 Å². The lowest BCUT2D eigenvalue weighted by Gasteiger charge is -2.38. The molecule has 0 aromatic heterocycles. The quantitative estimate of drug-likeness (QED) is 0.680. The summed E-state index contributed by atoms with van der Waals surface area (Å²) in [7, 11) is 0. The number of carbonyl (C=O) groups is 1. The fraction of sp³-hybridized carbons (Fsp3) is 0.889. The normalized spacial score (nSPS) is 15.0. The van der Waals surface area contributed by atoms with Gasteiger partial charge in [0.05, 0.1) is 0 Å². The predicted molar refractivity (Wildman–Crippen MR) is 49.4 cm³/mol. The summed E-state index contributed by atoms with van der Waals surface area (Å²) in [6, 6.07) is 0. The Labute approximate surface area is 119 Å². The van der Waals surface area contributed by atoms with Gasteiger partial charge in [-0.1, -0.05) is 0 Å². The number of carbonyl (C=O) groups excluding carboxylic acids is 1. The van der Waals surface area contributed by atoms with E-state index in [2.05, 4.69) is 0 Å². The molecule has 0 aliphatic rings. The Morgan fingerprint density at radius 3 is 1.52 bits per heavy atom. The molecule has 0 aliphatic heterocycles. The molecule has 0 spiro atoms. The number of nitrogens with one attached hydrogen (secondary N) is 1. The van der Waals surface area contributed by atoms with Crippen molar-refractivity contribution in [1.82, 2.24) is 5.32 Å². The van der Waals surface area contributed by atoms with E-state index >= 15 is 0 Å². The van der Waals surface area contributed by atoms with Crippen molar-refractivity contribution in [2.75, 3.05) is 6.54 Å². The van der Waals surface area contributed by atoms with Crippen LogP contribution in [-0.2, 0) is 4.79 Å². The van der Waals surface area contributed by atoms with E-state index in [1.807, 2.05) is 0 Å². The van der Waals surface area contributed by atoms with Crippen LogP contribution in [0.2, 0.25) is 0 Å². The van der Waals surface area contributed by atoms with Crippen molar-refractivity contribution < 1.29 is 57.5 Å². The molecule has 0 atom stereocenters. The topological polar surface area (TPSA) is 29.1 Å². The van der Waals surface area contributed by atoms with Gasteiger partial charge in [-0.2, -0.15) is 43.9 Å². The Morgan fingerprint density at radius 1 is 0.826 bits per heavy atom. The number of alkyl halides is 12. The minimum atomic E-state index is -7.69. The van der Waals surface area contributed by atoms with Crippen molar-refractivity contribution >= 4 is 5.91 Å². The summed E-state index contributed by atoms with van der Waals surface area (Å²) in [5, 5.41) is 0.894. The highest BCUT2D eigenvalue weighted by atomic mass is 19.4. The molecule has 0 aliphatic carbocycles. The van der Waals surface area contributed by atoms with Crippen molar-refractivity contribution in [3.05, 3.63) is 0 Å². The Balaban J connectivity index is 6.12. The standard InChI is InChI=1S/C9H7F12NO/c1-2-22-4(23)6(14,15)8(18,19)9(20,21)7(16,17)5(12,13)3(10)11/h3H,2H2,1H3,(H,22,23). The molecule has 0 unspecified atom stereocenters. The lowest BCUT2D eigenvalue weighted by molar-refractivity contribution is -0.407. The van der Waals surface area contributed by atoms with Crippen molar-refractivity contribution in [3.8, 4) is 0 Å². The van der Waals surface area contributed by atoms with Gasteiger partial charge in [-0.25, -0.2) is 8.78 Å². The van der Waals surface area contributed by atoms with Gasteiger partial charge in [0.2, 0.25) is 0 Å². The van der Waals surface area contributed by atoms with Gasteiger partial charge >= 0.3 is 36.0 Å². The second kappa shape index (κ2) is 5.92. The summed E-state index contributed by atoms with van der Waals surface area (Å²) < 4.78 is 152. The first-order valence-corrected chi connectivity index (χ1v) is 5.38. The van der Waals surface area contributed by atoms with Crippen LogP contribution in [0.1, 0.15) is 6.92 Å². The third kappa shape index (κ3) is 2.91. The van der Waals surface area contributed by atoms with E-state index in [1.54, 1.807) is 0 Å². The lowest BCUT2D eigenvalue weighted by Crippen LogP contribution is -2.70. The molecule has 0 rings (SSSR count). The first kappa shape index (κ1) is 21.6. The molecule has 1 N–H and O–H groups in total. The van der Waals surface area contributed by atoms with Gasteiger partial charge in [-0.3, -0.25) is 4.79 Å². The molecule has 0 saturated heterocycles.